The number of carbonyl (C=O) groups is 2. The fourth-order valence-electron chi connectivity index (χ4n) is 2.92. The first-order chi connectivity index (χ1) is 12.8. The van der Waals surface area contributed by atoms with Crippen LogP contribution in [0.2, 0.25) is 0 Å². The van der Waals surface area contributed by atoms with Crippen LogP contribution in [0.5, 0.6) is 0 Å². The molecule has 2 amide bonds. The molecule has 0 saturated carbocycles. The van der Waals surface area contributed by atoms with E-state index in [0.717, 1.165) is 12.1 Å². The molecule has 140 valence electrons. The Bertz CT molecular complexity index is 948. The molecule has 0 aromatic heterocycles. The third-order valence-electron chi connectivity index (χ3n) is 4.30. The van der Waals surface area contributed by atoms with E-state index in [2.05, 4.69) is 5.32 Å². The molecule has 1 fully saturated rings. The minimum absolute atomic E-state index is 0.0199. The van der Waals surface area contributed by atoms with Crippen LogP contribution in [-0.4, -0.2) is 23.3 Å². The maximum absolute atomic E-state index is 14.1. The molecule has 0 spiro atoms. The summed E-state index contributed by atoms with van der Waals surface area (Å²) in [5, 5.41) is 13.2. The summed E-state index contributed by atoms with van der Waals surface area (Å²) in [6.07, 6.45) is -0.123. The fraction of sp³-hybridized carbons (Fsp3) is 0.222. The molecule has 1 atom stereocenters. The number of hydrogen-bond donors (Lipinski definition) is 1. The molecule has 27 heavy (non-hydrogen) atoms. The molecule has 0 bridgehead atoms. The number of halogens is 2. The molecule has 3 rings (SSSR count). The van der Waals surface area contributed by atoms with E-state index < -0.39 is 40.0 Å². The molecule has 1 aliphatic heterocycles. The molecule has 1 aliphatic rings. The van der Waals surface area contributed by atoms with Gasteiger partial charge in [-0.25, -0.2) is 4.39 Å². The quantitative estimate of drug-likeness (QED) is 0.656. The van der Waals surface area contributed by atoms with Crippen molar-refractivity contribution in [2.75, 3.05) is 16.8 Å². The van der Waals surface area contributed by atoms with Gasteiger partial charge in [0.25, 0.3) is 0 Å². The van der Waals surface area contributed by atoms with Gasteiger partial charge in [0, 0.05) is 24.7 Å². The summed E-state index contributed by atoms with van der Waals surface area (Å²) in [5.41, 5.74) is 0.0765. The van der Waals surface area contributed by atoms with E-state index in [1.807, 2.05) is 0 Å². The van der Waals surface area contributed by atoms with Gasteiger partial charge >= 0.3 is 5.69 Å². The van der Waals surface area contributed by atoms with E-state index in [1.54, 1.807) is 13.0 Å². The van der Waals surface area contributed by atoms with Crippen molar-refractivity contribution >= 4 is 28.9 Å². The van der Waals surface area contributed by atoms with Crippen LogP contribution in [-0.2, 0) is 9.59 Å². The van der Waals surface area contributed by atoms with Gasteiger partial charge in [-0.3, -0.25) is 19.7 Å². The number of nitrogens with one attached hydrogen (secondary N) is 1. The first-order valence-electron chi connectivity index (χ1n) is 8.07. The van der Waals surface area contributed by atoms with E-state index in [-0.39, 0.29) is 24.3 Å². The van der Waals surface area contributed by atoms with Crippen LogP contribution in [0.15, 0.2) is 36.4 Å². The van der Waals surface area contributed by atoms with Crippen LogP contribution in [0.3, 0.4) is 0 Å². The van der Waals surface area contributed by atoms with Crippen molar-refractivity contribution in [3.05, 3.63) is 63.7 Å². The Morgan fingerprint density at radius 1 is 1.22 bits per heavy atom. The largest absolute Gasteiger partial charge is 0.326 e. The Morgan fingerprint density at radius 2 is 1.96 bits per heavy atom. The molecule has 7 nitrogen and oxygen atoms in total. The topological polar surface area (TPSA) is 92.6 Å². The van der Waals surface area contributed by atoms with Gasteiger partial charge in [-0.15, -0.1) is 0 Å². The first kappa shape index (κ1) is 18.4. The Labute approximate surface area is 152 Å². The number of nitrogens with zero attached hydrogens (tertiary/aromatic N) is 2. The van der Waals surface area contributed by atoms with Crippen molar-refractivity contribution in [1.29, 1.82) is 0 Å². The Balaban J connectivity index is 1.74. The van der Waals surface area contributed by atoms with E-state index in [1.165, 1.54) is 23.1 Å². The van der Waals surface area contributed by atoms with E-state index in [4.69, 9.17) is 0 Å². The first-order valence-corrected chi connectivity index (χ1v) is 8.07. The fourth-order valence-corrected chi connectivity index (χ4v) is 2.92. The van der Waals surface area contributed by atoms with E-state index >= 15 is 0 Å². The minimum Gasteiger partial charge on any atom is -0.326 e. The Morgan fingerprint density at radius 3 is 2.63 bits per heavy atom. The lowest BCUT2D eigenvalue weighted by Crippen LogP contribution is -2.28. The summed E-state index contributed by atoms with van der Waals surface area (Å²) in [6.45, 7) is 1.70. The zero-order valence-electron chi connectivity index (χ0n) is 14.2. The molecule has 1 saturated heterocycles. The molecule has 1 heterocycles. The number of benzene rings is 2. The van der Waals surface area contributed by atoms with Gasteiger partial charge < -0.3 is 10.2 Å². The highest BCUT2D eigenvalue weighted by Gasteiger charge is 2.36. The highest BCUT2D eigenvalue weighted by molar-refractivity contribution is 6.03. The molecular weight excluding hydrogens is 360 g/mol. The minimum atomic E-state index is -1.02. The van der Waals surface area contributed by atoms with Crippen LogP contribution in [0.1, 0.15) is 12.0 Å². The molecule has 9 heteroatoms. The van der Waals surface area contributed by atoms with Crippen molar-refractivity contribution in [2.24, 2.45) is 5.92 Å². The molecule has 1 N–H and O–H groups in total. The van der Waals surface area contributed by atoms with Crippen molar-refractivity contribution in [3.63, 3.8) is 0 Å². The molecular formula is C18H15F2N3O4. The monoisotopic (exact) mass is 375 g/mol. The van der Waals surface area contributed by atoms with Gasteiger partial charge in [-0.2, -0.15) is 4.39 Å². The maximum Gasteiger partial charge on any atom is 0.306 e. The lowest BCUT2D eigenvalue weighted by Gasteiger charge is -2.17. The van der Waals surface area contributed by atoms with E-state index in [0.29, 0.717) is 5.56 Å². The number of carbonyl (C=O) groups excluding carboxylic acids is 2. The standard InChI is InChI=1S/C18H15F2N3O4/c1-10-2-5-15(14(20)6-10)22-9-11(7-17(22)24)18(25)21-12-3-4-13(19)16(8-12)23(26)27/h2-6,8,11H,7,9H2,1H3,(H,21,25). The van der Waals surface area contributed by atoms with Crippen molar-refractivity contribution in [1.82, 2.24) is 0 Å². The van der Waals surface area contributed by atoms with Gasteiger partial charge in [0.15, 0.2) is 0 Å². The second-order valence-corrected chi connectivity index (χ2v) is 6.27. The van der Waals surface area contributed by atoms with Crippen LogP contribution in [0.4, 0.5) is 25.8 Å². The van der Waals surface area contributed by atoms with E-state index in [9.17, 15) is 28.5 Å². The van der Waals surface area contributed by atoms with Crippen LogP contribution < -0.4 is 10.2 Å². The van der Waals surface area contributed by atoms with Gasteiger partial charge in [0.05, 0.1) is 16.5 Å². The molecule has 1 unspecified atom stereocenters. The van der Waals surface area contributed by atoms with Crippen molar-refractivity contribution < 1.29 is 23.3 Å². The van der Waals surface area contributed by atoms with Gasteiger partial charge in [-0.05, 0) is 36.8 Å². The number of nitro benzene ring substituents is 1. The summed E-state index contributed by atoms with van der Waals surface area (Å²) in [5.74, 6) is -3.29. The lowest BCUT2D eigenvalue weighted by molar-refractivity contribution is -0.387. The second kappa shape index (κ2) is 7.10. The highest BCUT2D eigenvalue weighted by atomic mass is 19.1. The van der Waals surface area contributed by atoms with Gasteiger partial charge in [-0.1, -0.05) is 6.07 Å². The van der Waals surface area contributed by atoms with Crippen LogP contribution in [0, 0.1) is 34.6 Å². The number of rotatable bonds is 4. The zero-order chi connectivity index (χ0) is 19.7. The van der Waals surface area contributed by atoms with Crippen molar-refractivity contribution in [2.45, 2.75) is 13.3 Å². The number of amides is 2. The average molecular weight is 375 g/mol. The molecule has 2 aromatic carbocycles. The third kappa shape index (κ3) is 3.76. The predicted molar refractivity (Wildman–Crippen MR) is 93.3 cm³/mol. The normalized spacial score (nSPS) is 16.5. The SMILES string of the molecule is Cc1ccc(N2CC(C(=O)Nc3ccc(F)c([N+](=O)[O-])c3)CC2=O)c(F)c1. The number of anilines is 2. The predicted octanol–water partition coefficient (Wildman–Crippen LogP) is 3.17. The highest BCUT2D eigenvalue weighted by Crippen LogP contribution is 2.29. The smallest absolute Gasteiger partial charge is 0.306 e. The summed E-state index contributed by atoms with van der Waals surface area (Å²) < 4.78 is 27.5. The molecule has 0 aliphatic carbocycles. The second-order valence-electron chi connectivity index (χ2n) is 6.27. The molecule has 0 radical (unpaired) electrons. The number of aryl methyl sites for hydroxylation is 1. The third-order valence-corrected chi connectivity index (χ3v) is 4.30. The Hall–Kier alpha value is -3.36. The maximum atomic E-state index is 14.1. The molecule has 2 aromatic rings. The average Bonchev–Trinajstić information content (AvgIpc) is 2.98. The summed E-state index contributed by atoms with van der Waals surface area (Å²) in [6, 6.07) is 7.41. The van der Waals surface area contributed by atoms with Crippen molar-refractivity contribution in [3.8, 4) is 0 Å². The van der Waals surface area contributed by atoms with Crippen LogP contribution in [0.25, 0.3) is 0 Å². The summed E-state index contributed by atoms with van der Waals surface area (Å²) in [7, 11) is 0. The van der Waals surface area contributed by atoms with Gasteiger partial charge in [0.1, 0.15) is 5.82 Å². The van der Waals surface area contributed by atoms with Crippen LogP contribution >= 0.6 is 0 Å². The number of nitro groups is 1. The zero-order valence-corrected chi connectivity index (χ0v) is 14.2. The Kier molecular flexibility index (Phi) is 4.85. The lowest BCUT2D eigenvalue weighted by atomic mass is 10.1. The summed E-state index contributed by atoms with van der Waals surface area (Å²) in [4.78, 5) is 35.7. The summed E-state index contributed by atoms with van der Waals surface area (Å²) >= 11 is 0. The van der Waals surface area contributed by atoms with Gasteiger partial charge in [0.2, 0.25) is 17.6 Å². The number of hydrogen-bond acceptors (Lipinski definition) is 4.